The largest absolute Gasteiger partial charge is 0.392 e. The maximum absolute atomic E-state index is 12.3. The van der Waals surface area contributed by atoms with Gasteiger partial charge in [-0.15, -0.1) is 11.8 Å². The Balaban J connectivity index is 1.74. The number of thioether (sulfide) groups is 2. The van der Waals surface area contributed by atoms with Crippen LogP contribution in [0.15, 0.2) is 40.3 Å². The van der Waals surface area contributed by atoms with Gasteiger partial charge in [-0.2, -0.15) is 0 Å². The van der Waals surface area contributed by atoms with Gasteiger partial charge in [0.1, 0.15) is 5.37 Å². The summed E-state index contributed by atoms with van der Waals surface area (Å²) in [5.41, 5.74) is 2.38. The van der Waals surface area contributed by atoms with Crippen LogP contribution in [0, 0.1) is 5.92 Å². The summed E-state index contributed by atoms with van der Waals surface area (Å²) in [4.78, 5) is 14.2. The molecule has 1 amide bonds. The van der Waals surface area contributed by atoms with Gasteiger partial charge in [-0.05, 0) is 25.3 Å². The summed E-state index contributed by atoms with van der Waals surface area (Å²) >= 11 is 3.60. The van der Waals surface area contributed by atoms with Crippen LogP contribution in [-0.4, -0.2) is 27.4 Å². The normalized spacial score (nSPS) is 26.1. The summed E-state index contributed by atoms with van der Waals surface area (Å²) in [6.45, 7) is 6.15. The molecule has 0 spiro atoms. The van der Waals surface area contributed by atoms with Crippen LogP contribution in [0.1, 0.15) is 44.4 Å². The molecule has 0 bridgehead atoms. The van der Waals surface area contributed by atoms with Gasteiger partial charge in [0.2, 0.25) is 5.91 Å². The molecule has 0 aromatic heterocycles. The Labute approximate surface area is 146 Å². The third kappa shape index (κ3) is 2.94. The van der Waals surface area contributed by atoms with Crippen molar-refractivity contribution >= 4 is 29.4 Å². The third-order valence-corrected chi connectivity index (χ3v) is 7.82. The minimum atomic E-state index is -0.524. The van der Waals surface area contributed by atoms with Crippen molar-refractivity contribution < 1.29 is 9.90 Å². The molecular weight excluding hydrogens is 326 g/mol. The number of β-lactam (4-membered cyclic amide) rings is 1. The predicted molar refractivity (Wildman–Crippen MR) is 97.8 cm³/mol. The lowest BCUT2D eigenvalue weighted by Gasteiger charge is -2.44. The number of rotatable bonds is 6. The molecule has 1 unspecified atom stereocenters. The molecule has 0 radical (unpaired) electrons. The Morgan fingerprint density at radius 1 is 1.26 bits per heavy atom. The molecular formula is C18H23NO2S2. The van der Waals surface area contributed by atoms with Crippen molar-refractivity contribution in [2.45, 2.75) is 50.3 Å². The van der Waals surface area contributed by atoms with Crippen molar-refractivity contribution in [3.05, 3.63) is 45.8 Å². The molecule has 23 heavy (non-hydrogen) atoms. The first-order valence-electron chi connectivity index (χ1n) is 8.18. The minimum absolute atomic E-state index is 0.0812. The zero-order chi connectivity index (χ0) is 16.6. The van der Waals surface area contributed by atoms with Gasteiger partial charge < -0.3 is 10.0 Å². The molecule has 0 aliphatic carbocycles. The van der Waals surface area contributed by atoms with Gasteiger partial charge in [0.25, 0.3) is 0 Å². The molecule has 3 nitrogen and oxygen atoms in total. The highest BCUT2D eigenvalue weighted by atomic mass is 32.2. The zero-order valence-corrected chi connectivity index (χ0v) is 15.4. The van der Waals surface area contributed by atoms with Crippen molar-refractivity contribution in [1.29, 1.82) is 0 Å². The number of aliphatic hydroxyl groups is 1. The standard InChI is InChI=1S/C18H23NO2S2/c1-4-13(20)15-16(21)19-11(3)18(23-17(15)19)22-14(5-2)12-9-7-6-8-10-12/h6-10,13-15,17,20H,4-5H2,1-3H3/t13-,14?,15+,17+/m0/s1. The predicted octanol–water partition coefficient (Wildman–Crippen LogP) is 4.36. The summed E-state index contributed by atoms with van der Waals surface area (Å²) in [7, 11) is 0. The van der Waals surface area contributed by atoms with Gasteiger partial charge in [0, 0.05) is 10.9 Å². The number of carbonyl (C=O) groups excluding carboxylic acids is 1. The van der Waals surface area contributed by atoms with Crippen LogP contribution in [0.25, 0.3) is 0 Å². The van der Waals surface area contributed by atoms with Crippen LogP contribution in [0.5, 0.6) is 0 Å². The molecule has 1 fully saturated rings. The Hall–Kier alpha value is -0.910. The first-order chi connectivity index (χ1) is 11.1. The summed E-state index contributed by atoms with van der Waals surface area (Å²) in [5, 5.41) is 10.6. The monoisotopic (exact) mass is 349 g/mol. The number of nitrogens with zero attached hydrogens (tertiary/aromatic N) is 1. The van der Waals surface area contributed by atoms with Crippen molar-refractivity contribution in [3.63, 3.8) is 0 Å². The average molecular weight is 350 g/mol. The van der Waals surface area contributed by atoms with E-state index in [-0.39, 0.29) is 17.2 Å². The maximum Gasteiger partial charge on any atom is 0.236 e. The maximum atomic E-state index is 12.3. The van der Waals surface area contributed by atoms with E-state index >= 15 is 0 Å². The van der Waals surface area contributed by atoms with E-state index in [1.54, 1.807) is 11.8 Å². The first-order valence-corrected chi connectivity index (χ1v) is 9.94. The Bertz CT molecular complexity index is 617. The van der Waals surface area contributed by atoms with Gasteiger partial charge in [0.05, 0.1) is 16.3 Å². The molecule has 4 atom stereocenters. The quantitative estimate of drug-likeness (QED) is 0.775. The van der Waals surface area contributed by atoms with Crippen molar-refractivity contribution in [1.82, 2.24) is 4.90 Å². The molecule has 5 heteroatoms. The number of hydrogen-bond donors (Lipinski definition) is 1. The fourth-order valence-electron chi connectivity index (χ4n) is 3.17. The van der Waals surface area contributed by atoms with E-state index < -0.39 is 6.10 Å². The molecule has 3 rings (SSSR count). The second kappa shape index (κ2) is 6.91. The van der Waals surface area contributed by atoms with E-state index in [2.05, 4.69) is 31.2 Å². The molecule has 1 aromatic carbocycles. The van der Waals surface area contributed by atoms with Crippen LogP contribution < -0.4 is 0 Å². The van der Waals surface area contributed by atoms with Crippen molar-refractivity contribution in [3.8, 4) is 0 Å². The molecule has 124 valence electrons. The fourth-order valence-corrected chi connectivity index (χ4v) is 6.32. The highest BCUT2D eigenvalue weighted by molar-refractivity contribution is 8.22. The zero-order valence-electron chi connectivity index (χ0n) is 13.7. The van der Waals surface area contributed by atoms with Crippen LogP contribution in [-0.2, 0) is 4.79 Å². The lowest BCUT2D eigenvalue weighted by atomic mass is 9.90. The van der Waals surface area contributed by atoms with Gasteiger partial charge in [0.15, 0.2) is 0 Å². The van der Waals surface area contributed by atoms with E-state index in [4.69, 9.17) is 0 Å². The van der Waals surface area contributed by atoms with E-state index in [0.29, 0.717) is 11.7 Å². The Morgan fingerprint density at radius 2 is 1.96 bits per heavy atom. The van der Waals surface area contributed by atoms with E-state index in [1.165, 1.54) is 9.80 Å². The van der Waals surface area contributed by atoms with Gasteiger partial charge in [-0.3, -0.25) is 4.79 Å². The summed E-state index contributed by atoms with van der Waals surface area (Å²) in [6, 6.07) is 10.5. The van der Waals surface area contributed by atoms with E-state index in [9.17, 15) is 9.90 Å². The highest BCUT2D eigenvalue weighted by Gasteiger charge is 2.55. The number of amides is 1. The minimum Gasteiger partial charge on any atom is -0.392 e. The number of hydrogen-bond acceptors (Lipinski definition) is 4. The number of allylic oxidation sites excluding steroid dienone is 1. The summed E-state index contributed by atoms with van der Waals surface area (Å²) in [5.74, 6) is -0.160. The van der Waals surface area contributed by atoms with Gasteiger partial charge in [-0.1, -0.05) is 55.9 Å². The van der Waals surface area contributed by atoms with Crippen molar-refractivity contribution in [2.24, 2.45) is 5.92 Å². The number of benzene rings is 1. The molecule has 1 saturated heterocycles. The van der Waals surface area contributed by atoms with Gasteiger partial charge >= 0.3 is 0 Å². The fraction of sp³-hybridized carbons (Fsp3) is 0.500. The van der Waals surface area contributed by atoms with Crippen LogP contribution in [0.3, 0.4) is 0 Å². The number of carbonyl (C=O) groups is 1. The number of aliphatic hydroxyl groups excluding tert-OH is 1. The molecule has 2 heterocycles. The summed E-state index contributed by atoms with van der Waals surface area (Å²) < 4.78 is 1.23. The second-order valence-electron chi connectivity index (χ2n) is 6.02. The highest BCUT2D eigenvalue weighted by Crippen LogP contribution is 2.56. The van der Waals surface area contributed by atoms with E-state index in [0.717, 1.165) is 12.1 Å². The molecule has 2 aliphatic heterocycles. The molecule has 1 aromatic rings. The lowest BCUT2D eigenvalue weighted by molar-refractivity contribution is -0.153. The topological polar surface area (TPSA) is 40.5 Å². The van der Waals surface area contributed by atoms with Gasteiger partial charge in [-0.25, -0.2) is 0 Å². The van der Waals surface area contributed by atoms with Crippen LogP contribution in [0.4, 0.5) is 0 Å². The average Bonchev–Trinajstić information content (AvgIpc) is 2.85. The number of fused-ring (bicyclic) bond motifs is 1. The second-order valence-corrected chi connectivity index (χ2v) is 8.61. The van der Waals surface area contributed by atoms with Crippen LogP contribution >= 0.6 is 23.5 Å². The first kappa shape index (κ1) is 16.9. The Morgan fingerprint density at radius 3 is 2.57 bits per heavy atom. The molecule has 1 N–H and O–H groups in total. The summed E-state index contributed by atoms with van der Waals surface area (Å²) in [6.07, 6.45) is 1.15. The molecule has 2 aliphatic rings. The smallest absolute Gasteiger partial charge is 0.236 e. The lowest BCUT2D eigenvalue weighted by Crippen LogP contribution is -2.60. The van der Waals surface area contributed by atoms with Crippen molar-refractivity contribution in [2.75, 3.05) is 0 Å². The SMILES string of the molecule is CCC(SC1=C(C)N2C(=O)[C@@H]([C@@H](O)CC)[C@H]2S1)c1ccccc1. The van der Waals surface area contributed by atoms with E-state index in [1.807, 2.05) is 36.6 Å². The van der Waals surface area contributed by atoms with Crippen LogP contribution in [0.2, 0.25) is 0 Å². The molecule has 0 saturated carbocycles. The Kier molecular flexibility index (Phi) is 5.09. The third-order valence-electron chi connectivity index (χ3n) is 4.59.